The van der Waals surface area contributed by atoms with Crippen LogP contribution < -0.4 is 0 Å². The van der Waals surface area contributed by atoms with E-state index >= 15 is 0 Å². The third kappa shape index (κ3) is 3.27. The second-order valence-corrected chi connectivity index (χ2v) is 5.25. The molecule has 4 heteroatoms. The van der Waals surface area contributed by atoms with Gasteiger partial charge in [0.05, 0.1) is 6.54 Å². The Kier molecular flexibility index (Phi) is 3.77. The van der Waals surface area contributed by atoms with Crippen molar-refractivity contribution in [1.82, 2.24) is 4.90 Å². The summed E-state index contributed by atoms with van der Waals surface area (Å²) in [6.45, 7) is 5.74. The monoisotopic (exact) mass is 195 g/mol. The summed E-state index contributed by atoms with van der Waals surface area (Å²) in [4.78, 5) is 1.86. The highest BCUT2D eigenvalue weighted by atomic mass is 32.2. The lowest BCUT2D eigenvalue weighted by Gasteiger charge is -2.34. The van der Waals surface area contributed by atoms with E-state index < -0.39 is 6.43 Å². The standard InChI is InChI=1S/C8H15F2NS/c1-6-3-11(5-8(9)10)4-7(2)12-6/h6-8H,3-5H2,1-2H3. The maximum Gasteiger partial charge on any atom is 0.251 e. The molecule has 1 heterocycles. The van der Waals surface area contributed by atoms with Crippen molar-refractivity contribution in [2.24, 2.45) is 0 Å². The van der Waals surface area contributed by atoms with Crippen LogP contribution in [0.15, 0.2) is 0 Å². The van der Waals surface area contributed by atoms with Crippen molar-refractivity contribution in [1.29, 1.82) is 0 Å². The van der Waals surface area contributed by atoms with Crippen LogP contribution >= 0.6 is 11.8 Å². The molecule has 1 saturated heterocycles. The number of hydrogen-bond acceptors (Lipinski definition) is 2. The van der Waals surface area contributed by atoms with E-state index in [0.29, 0.717) is 10.5 Å². The molecular formula is C8H15F2NS. The Morgan fingerprint density at radius 2 is 1.83 bits per heavy atom. The molecule has 0 aromatic rings. The highest BCUT2D eigenvalue weighted by molar-refractivity contribution is 8.00. The molecular weight excluding hydrogens is 180 g/mol. The lowest BCUT2D eigenvalue weighted by atomic mass is 10.3. The third-order valence-corrected chi connectivity index (χ3v) is 3.12. The molecule has 0 radical (unpaired) electrons. The molecule has 0 spiro atoms. The van der Waals surface area contributed by atoms with Gasteiger partial charge >= 0.3 is 0 Å². The molecule has 0 aliphatic carbocycles. The van der Waals surface area contributed by atoms with Gasteiger partial charge in [0.2, 0.25) is 0 Å². The minimum Gasteiger partial charge on any atom is -0.296 e. The smallest absolute Gasteiger partial charge is 0.251 e. The molecule has 1 nitrogen and oxygen atoms in total. The number of rotatable bonds is 2. The summed E-state index contributed by atoms with van der Waals surface area (Å²) in [5.41, 5.74) is 0. The Bertz CT molecular complexity index is 130. The summed E-state index contributed by atoms with van der Waals surface area (Å²) in [5, 5.41) is 0.986. The van der Waals surface area contributed by atoms with Gasteiger partial charge in [-0.05, 0) is 0 Å². The topological polar surface area (TPSA) is 3.24 Å². The maximum atomic E-state index is 12.0. The van der Waals surface area contributed by atoms with Gasteiger partial charge in [0.25, 0.3) is 6.43 Å². The van der Waals surface area contributed by atoms with E-state index in [2.05, 4.69) is 13.8 Å². The Morgan fingerprint density at radius 3 is 2.25 bits per heavy atom. The van der Waals surface area contributed by atoms with Crippen LogP contribution in [0.5, 0.6) is 0 Å². The predicted octanol–water partition coefficient (Wildman–Crippen LogP) is 2.08. The fraction of sp³-hybridized carbons (Fsp3) is 1.00. The SMILES string of the molecule is CC1CN(CC(F)F)CC(C)S1. The second-order valence-electron chi connectivity index (χ2n) is 3.37. The molecule has 0 saturated carbocycles. The average molecular weight is 195 g/mol. The zero-order chi connectivity index (χ0) is 9.14. The number of thioether (sulfide) groups is 1. The second kappa shape index (κ2) is 4.42. The molecule has 12 heavy (non-hydrogen) atoms. The molecule has 0 N–H and O–H groups in total. The van der Waals surface area contributed by atoms with Crippen LogP contribution in [-0.4, -0.2) is 41.5 Å². The molecule has 1 aliphatic heterocycles. The lowest BCUT2D eigenvalue weighted by molar-refractivity contribution is 0.0876. The van der Waals surface area contributed by atoms with Crippen molar-refractivity contribution in [3.63, 3.8) is 0 Å². The van der Waals surface area contributed by atoms with Gasteiger partial charge in [0.1, 0.15) is 0 Å². The van der Waals surface area contributed by atoms with Crippen LogP contribution in [-0.2, 0) is 0 Å². The molecule has 0 aromatic heterocycles. The first kappa shape index (κ1) is 10.3. The molecule has 0 bridgehead atoms. The summed E-state index contributed by atoms with van der Waals surface area (Å²) in [6.07, 6.45) is -2.19. The van der Waals surface area contributed by atoms with Gasteiger partial charge in [-0.25, -0.2) is 8.78 Å². The molecule has 0 amide bonds. The zero-order valence-electron chi connectivity index (χ0n) is 7.46. The minimum atomic E-state index is -2.19. The molecule has 0 aromatic carbocycles. The van der Waals surface area contributed by atoms with Crippen LogP contribution in [0.25, 0.3) is 0 Å². The number of hydrogen-bond donors (Lipinski definition) is 0. The van der Waals surface area contributed by atoms with Crippen molar-refractivity contribution in [2.75, 3.05) is 19.6 Å². The summed E-state index contributed by atoms with van der Waals surface area (Å²) in [7, 11) is 0. The Hall–Kier alpha value is 0.170. The van der Waals surface area contributed by atoms with Gasteiger partial charge in [0, 0.05) is 23.6 Å². The van der Waals surface area contributed by atoms with Gasteiger partial charge in [0.15, 0.2) is 0 Å². The van der Waals surface area contributed by atoms with Crippen LogP contribution in [0.3, 0.4) is 0 Å². The molecule has 72 valence electrons. The summed E-state index contributed by atoms with van der Waals surface area (Å²) < 4.78 is 24.1. The van der Waals surface area contributed by atoms with Gasteiger partial charge in [-0.15, -0.1) is 0 Å². The van der Waals surface area contributed by atoms with Crippen molar-refractivity contribution in [3.05, 3.63) is 0 Å². The minimum absolute atomic E-state index is 0.0603. The first-order valence-corrected chi connectivity index (χ1v) is 5.18. The zero-order valence-corrected chi connectivity index (χ0v) is 8.28. The van der Waals surface area contributed by atoms with E-state index in [-0.39, 0.29) is 6.54 Å². The van der Waals surface area contributed by atoms with Crippen molar-refractivity contribution >= 4 is 11.8 Å². The van der Waals surface area contributed by atoms with E-state index in [4.69, 9.17) is 0 Å². The Morgan fingerprint density at radius 1 is 1.33 bits per heavy atom. The quantitative estimate of drug-likeness (QED) is 0.663. The summed E-state index contributed by atoms with van der Waals surface area (Å²) in [5.74, 6) is 0. The highest BCUT2D eigenvalue weighted by Gasteiger charge is 2.23. The summed E-state index contributed by atoms with van der Waals surface area (Å²) in [6, 6.07) is 0. The van der Waals surface area contributed by atoms with E-state index in [1.807, 2.05) is 16.7 Å². The van der Waals surface area contributed by atoms with Crippen LogP contribution in [0.2, 0.25) is 0 Å². The van der Waals surface area contributed by atoms with Gasteiger partial charge < -0.3 is 0 Å². The summed E-state index contributed by atoms with van der Waals surface area (Å²) >= 11 is 1.89. The first-order chi connectivity index (χ1) is 5.58. The number of alkyl halides is 2. The largest absolute Gasteiger partial charge is 0.296 e. The van der Waals surface area contributed by atoms with Gasteiger partial charge in [-0.2, -0.15) is 11.8 Å². The predicted molar refractivity (Wildman–Crippen MR) is 49.0 cm³/mol. The maximum absolute atomic E-state index is 12.0. The lowest BCUT2D eigenvalue weighted by Crippen LogP contribution is -2.42. The van der Waals surface area contributed by atoms with Crippen molar-refractivity contribution in [3.8, 4) is 0 Å². The number of nitrogens with zero attached hydrogens (tertiary/aromatic N) is 1. The highest BCUT2D eigenvalue weighted by Crippen LogP contribution is 2.24. The normalized spacial score (nSPS) is 32.8. The van der Waals surface area contributed by atoms with Gasteiger partial charge in [-0.3, -0.25) is 4.90 Å². The van der Waals surface area contributed by atoms with Gasteiger partial charge in [-0.1, -0.05) is 13.8 Å². The van der Waals surface area contributed by atoms with Crippen LogP contribution in [0, 0.1) is 0 Å². The first-order valence-electron chi connectivity index (χ1n) is 4.24. The molecule has 1 rings (SSSR count). The Balaban J connectivity index is 2.34. The molecule has 1 fully saturated rings. The van der Waals surface area contributed by atoms with E-state index in [1.54, 1.807) is 0 Å². The molecule has 2 unspecified atom stereocenters. The van der Waals surface area contributed by atoms with Crippen LogP contribution in [0.1, 0.15) is 13.8 Å². The average Bonchev–Trinajstić information content (AvgIpc) is 1.81. The fourth-order valence-corrected chi connectivity index (χ4v) is 3.02. The van der Waals surface area contributed by atoms with Crippen LogP contribution in [0.4, 0.5) is 8.78 Å². The van der Waals surface area contributed by atoms with E-state index in [0.717, 1.165) is 13.1 Å². The number of halogens is 2. The molecule has 2 atom stereocenters. The molecule has 1 aliphatic rings. The fourth-order valence-electron chi connectivity index (χ4n) is 1.63. The Labute approximate surface area is 76.5 Å². The third-order valence-electron chi connectivity index (χ3n) is 1.89. The van der Waals surface area contributed by atoms with Crippen molar-refractivity contribution in [2.45, 2.75) is 30.8 Å². The van der Waals surface area contributed by atoms with E-state index in [9.17, 15) is 8.78 Å². The van der Waals surface area contributed by atoms with Crippen molar-refractivity contribution < 1.29 is 8.78 Å². The van der Waals surface area contributed by atoms with E-state index in [1.165, 1.54) is 0 Å².